The van der Waals surface area contributed by atoms with Crippen LogP contribution in [0.5, 0.6) is 11.5 Å². The topological polar surface area (TPSA) is 60.0 Å². The van der Waals surface area contributed by atoms with E-state index >= 15 is 0 Å². The Morgan fingerprint density at radius 2 is 2.34 bits per heavy atom. The number of carbonyl (C=O) groups is 1. The summed E-state index contributed by atoms with van der Waals surface area (Å²) in [5.74, 6) is 1.70. The Kier molecular flexibility index (Phi) is 5.23. The molecule has 5 atom stereocenters. The molecule has 1 aromatic rings. The molecular formula is C22H30N2O4S. The molecule has 0 amide bonds. The summed E-state index contributed by atoms with van der Waals surface area (Å²) in [4.78, 5) is 14.3. The van der Waals surface area contributed by atoms with Gasteiger partial charge in [0.15, 0.2) is 17.6 Å². The number of likely N-dealkylation sites (N-methyl/N-ethyl adjacent to an activating group) is 1. The lowest BCUT2D eigenvalue weighted by atomic mass is 9.55. The lowest BCUT2D eigenvalue weighted by Gasteiger charge is -2.55. The van der Waals surface area contributed by atoms with Crippen molar-refractivity contribution in [1.82, 2.24) is 4.90 Å². The van der Waals surface area contributed by atoms with Crippen LogP contribution in [0, 0.1) is 5.92 Å². The zero-order chi connectivity index (χ0) is 20.9. The molecule has 1 aromatic carbocycles. The summed E-state index contributed by atoms with van der Waals surface area (Å²) in [6, 6.07) is 2.39. The van der Waals surface area contributed by atoms with Gasteiger partial charge in [0.2, 0.25) is 0 Å². The van der Waals surface area contributed by atoms with Gasteiger partial charge in [-0.1, -0.05) is 13.5 Å². The van der Waals surface area contributed by atoms with Crippen LogP contribution in [0.15, 0.2) is 18.7 Å². The van der Waals surface area contributed by atoms with Crippen molar-refractivity contribution in [3.05, 3.63) is 29.8 Å². The first kappa shape index (κ1) is 20.4. The number of fused-ring (bicyclic) bond motifs is 1. The van der Waals surface area contributed by atoms with E-state index < -0.39 is 6.10 Å². The Hall–Kier alpha value is -1.86. The summed E-state index contributed by atoms with van der Waals surface area (Å²) in [5, 5.41) is 3.35. The van der Waals surface area contributed by atoms with Crippen LogP contribution in [0.25, 0.3) is 0 Å². The zero-order valence-corrected chi connectivity index (χ0v) is 18.4. The van der Waals surface area contributed by atoms with Gasteiger partial charge in [0.05, 0.1) is 0 Å². The number of nitrogens with zero attached hydrogens (tertiary/aromatic N) is 1. The molecule has 0 aromatic heterocycles. The second-order valence-corrected chi connectivity index (χ2v) is 8.57. The first-order valence-corrected chi connectivity index (χ1v) is 10.8. The van der Waals surface area contributed by atoms with E-state index in [2.05, 4.69) is 43.4 Å². The molecule has 2 heterocycles. The average molecular weight is 419 g/mol. The van der Waals surface area contributed by atoms with Gasteiger partial charge in [-0.3, -0.25) is 4.79 Å². The molecule has 2 bridgehead atoms. The third-order valence-corrected chi connectivity index (χ3v) is 7.27. The first-order chi connectivity index (χ1) is 13.9. The van der Waals surface area contributed by atoms with Crippen molar-refractivity contribution in [3.8, 4) is 11.5 Å². The second kappa shape index (κ2) is 7.43. The Morgan fingerprint density at radius 1 is 1.59 bits per heavy atom. The van der Waals surface area contributed by atoms with Crippen LogP contribution in [0.2, 0.25) is 0 Å². The molecule has 3 aliphatic rings. The molecule has 158 valence electrons. The van der Waals surface area contributed by atoms with Crippen LogP contribution in [0.1, 0.15) is 31.4 Å². The van der Waals surface area contributed by atoms with E-state index in [1.165, 1.54) is 18.1 Å². The predicted octanol–water partition coefficient (Wildman–Crippen LogP) is 3.01. The average Bonchev–Trinajstić information content (AvgIpc) is 3.03. The van der Waals surface area contributed by atoms with E-state index in [-0.39, 0.29) is 23.4 Å². The SMILES string of the molecule is C=C[C@H](OC(C)=O)[C@@H]1Oc2c(OCS)cc(NC)c3c2[C@@]12CCN(C)[C@H](C3)[C@@H]2C. The Bertz CT molecular complexity index is 845. The number of hydrogen-bond acceptors (Lipinski definition) is 7. The van der Waals surface area contributed by atoms with Crippen molar-refractivity contribution in [1.29, 1.82) is 0 Å². The maximum Gasteiger partial charge on any atom is 0.303 e. The molecule has 1 N–H and O–H groups in total. The lowest BCUT2D eigenvalue weighted by Crippen LogP contribution is -2.63. The number of thiol groups is 1. The number of piperidine rings is 1. The standard InChI is InChI=1S/C22H30N2O4S/c1-6-17(27-13(3)25)21-22-7-8-24(5)16(12(22)2)9-14-15(23-4)10-18(26-11-29)20(28-21)19(14)22/h6,10,12,16-17,21,23,29H,1,7-9,11H2,2-5H3/t12-,16+,17-,21-,22-/m0/s1. The third-order valence-electron chi connectivity index (χ3n) is 7.14. The molecule has 1 fully saturated rings. The molecule has 1 spiro atoms. The molecule has 0 radical (unpaired) electrons. The van der Waals surface area contributed by atoms with Crippen LogP contribution in [-0.2, 0) is 21.4 Å². The fraction of sp³-hybridized carbons (Fsp3) is 0.591. The van der Waals surface area contributed by atoms with Gasteiger partial charge >= 0.3 is 5.97 Å². The molecular weight excluding hydrogens is 388 g/mol. The second-order valence-electron chi connectivity index (χ2n) is 8.31. The molecule has 0 saturated carbocycles. The van der Waals surface area contributed by atoms with Gasteiger partial charge in [-0.05, 0) is 44.0 Å². The molecule has 7 heteroatoms. The third kappa shape index (κ3) is 2.85. The Morgan fingerprint density at radius 3 is 2.97 bits per heavy atom. The van der Waals surface area contributed by atoms with Gasteiger partial charge in [0.1, 0.15) is 12.0 Å². The maximum atomic E-state index is 11.8. The highest BCUT2D eigenvalue weighted by molar-refractivity contribution is 7.80. The molecule has 0 unspecified atom stereocenters. The van der Waals surface area contributed by atoms with Crippen molar-refractivity contribution in [3.63, 3.8) is 0 Å². The van der Waals surface area contributed by atoms with E-state index in [1.54, 1.807) is 6.08 Å². The lowest BCUT2D eigenvalue weighted by molar-refractivity contribution is -0.151. The maximum absolute atomic E-state index is 11.8. The summed E-state index contributed by atoms with van der Waals surface area (Å²) in [5.41, 5.74) is 3.28. The fourth-order valence-corrected chi connectivity index (χ4v) is 5.97. The summed E-state index contributed by atoms with van der Waals surface area (Å²) < 4.78 is 18.1. The summed E-state index contributed by atoms with van der Waals surface area (Å²) >= 11 is 4.26. The molecule has 6 nitrogen and oxygen atoms in total. The number of anilines is 1. The number of benzene rings is 1. The predicted molar refractivity (Wildman–Crippen MR) is 116 cm³/mol. The van der Waals surface area contributed by atoms with Gasteiger partial charge < -0.3 is 24.4 Å². The van der Waals surface area contributed by atoms with Gasteiger partial charge in [-0.2, -0.15) is 0 Å². The normalized spacial score (nSPS) is 30.7. The van der Waals surface area contributed by atoms with E-state index in [0.29, 0.717) is 17.7 Å². The summed E-state index contributed by atoms with van der Waals surface area (Å²) in [6.45, 7) is 8.63. The number of nitrogens with one attached hydrogen (secondary N) is 1. The molecule has 29 heavy (non-hydrogen) atoms. The van der Waals surface area contributed by atoms with E-state index in [0.717, 1.165) is 30.8 Å². The number of ether oxygens (including phenoxy) is 3. The van der Waals surface area contributed by atoms with E-state index in [9.17, 15) is 4.79 Å². The highest BCUT2D eigenvalue weighted by atomic mass is 32.1. The van der Waals surface area contributed by atoms with Crippen molar-refractivity contribution < 1.29 is 19.0 Å². The van der Waals surface area contributed by atoms with Gasteiger partial charge in [-0.25, -0.2) is 0 Å². The van der Waals surface area contributed by atoms with E-state index in [1.807, 2.05) is 13.1 Å². The van der Waals surface area contributed by atoms with Crippen LogP contribution in [-0.4, -0.2) is 55.7 Å². The Labute approximate surface area is 178 Å². The highest BCUT2D eigenvalue weighted by Crippen LogP contribution is 2.62. The van der Waals surface area contributed by atoms with Gasteiger partial charge in [-0.15, -0.1) is 12.6 Å². The quantitative estimate of drug-likeness (QED) is 0.321. The highest BCUT2D eigenvalue weighted by Gasteiger charge is 2.63. The summed E-state index contributed by atoms with van der Waals surface area (Å²) in [7, 11) is 4.13. The van der Waals surface area contributed by atoms with E-state index in [4.69, 9.17) is 14.2 Å². The monoisotopic (exact) mass is 418 g/mol. The Balaban J connectivity index is 1.96. The van der Waals surface area contributed by atoms with Gasteiger partial charge in [0, 0.05) is 42.7 Å². The molecule has 2 aliphatic heterocycles. The van der Waals surface area contributed by atoms with Crippen LogP contribution < -0.4 is 14.8 Å². The number of rotatable bonds is 6. The van der Waals surface area contributed by atoms with Crippen LogP contribution in [0.4, 0.5) is 5.69 Å². The number of hydrogen-bond donors (Lipinski definition) is 2. The minimum absolute atomic E-state index is 0.256. The molecule has 1 aliphatic carbocycles. The fourth-order valence-electron chi connectivity index (χ4n) is 5.84. The smallest absolute Gasteiger partial charge is 0.303 e. The minimum atomic E-state index is -0.528. The van der Waals surface area contributed by atoms with Crippen molar-refractivity contribution in [2.75, 3.05) is 31.9 Å². The number of carbonyl (C=O) groups excluding carboxylic acids is 1. The number of likely N-dealkylation sites (tertiary alicyclic amines) is 1. The molecule has 1 saturated heterocycles. The minimum Gasteiger partial charge on any atom is -0.481 e. The van der Waals surface area contributed by atoms with Crippen molar-refractivity contribution in [2.45, 2.75) is 50.4 Å². The number of esters is 1. The zero-order valence-electron chi connectivity index (χ0n) is 17.5. The van der Waals surface area contributed by atoms with Crippen molar-refractivity contribution >= 4 is 24.3 Å². The first-order valence-electron chi connectivity index (χ1n) is 10.2. The van der Waals surface area contributed by atoms with Crippen LogP contribution >= 0.6 is 12.6 Å². The van der Waals surface area contributed by atoms with Crippen LogP contribution in [0.3, 0.4) is 0 Å². The summed E-state index contributed by atoms with van der Waals surface area (Å²) in [6.07, 6.45) is 2.70. The largest absolute Gasteiger partial charge is 0.481 e. The van der Waals surface area contributed by atoms with Crippen molar-refractivity contribution in [2.24, 2.45) is 5.92 Å². The van der Waals surface area contributed by atoms with Gasteiger partial charge in [0.25, 0.3) is 0 Å². The molecule has 4 rings (SSSR count).